The lowest BCUT2D eigenvalue weighted by Gasteiger charge is -2.36. The number of carbonyl (C=O) groups excluding carboxylic acids is 1. The molecule has 2 N–H and O–H groups in total. The van der Waals surface area contributed by atoms with E-state index in [9.17, 15) is 14.7 Å². The topological polar surface area (TPSA) is 99.4 Å². The lowest BCUT2D eigenvalue weighted by Crippen LogP contribution is -2.48. The van der Waals surface area contributed by atoms with Gasteiger partial charge in [-0.25, -0.2) is 4.79 Å². The highest BCUT2D eigenvalue weighted by atomic mass is 16.6. The number of hydrogen-bond donors (Lipinski definition) is 2. The molecule has 0 bridgehead atoms. The summed E-state index contributed by atoms with van der Waals surface area (Å²) in [5, 5.41) is 21.9. The van der Waals surface area contributed by atoms with Crippen LogP contribution in [0.1, 0.15) is 26.2 Å². The van der Waals surface area contributed by atoms with Gasteiger partial charge in [0.25, 0.3) is 5.91 Å². The zero-order valence-corrected chi connectivity index (χ0v) is 10.1. The van der Waals surface area contributed by atoms with Crippen molar-refractivity contribution in [3.8, 4) is 0 Å². The largest absolute Gasteiger partial charge is 0.477 e. The van der Waals surface area contributed by atoms with Gasteiger partial charge in [0.2, 0.25) is 6.10 Å². The van der Waals surface area contributed by atoms with E-state index in [1.54, 1.807) is 11.8 Å². The van der Waals surface area contributed by atoms with Gasteiger partial charge in [-0.2, -0.15) is 0 Å². The Bertz CT molecular complexity index is 394. The molecule has 1 saturated heterocycles. The van der Waals surface area contributed by atoms with Gasteiger partial charge in [0.1, 0.15) is 0 Å². The number of piperidine rings is 1. The molecule has 2 aliphatic rings. The molecule has 7 nitrogen and oxygen atoms in total. The second-order valence-corrected chi connectivity index (χ2v) is 4.96. The molecule has 1 fully saturated rings. The molecule has 0 aromatic rings. The van der Waals surface area contributed by atoms with Gasteiger partial charge >= 0.3 is 5.97 Å². The Hall–Kier alpha value is -1.63. The first-order chi connectivity index (χ1) is 8.39. The predicted octanol–water partition coefficient (Wildman–Crippen LogP) is -0.411. The summed E-state index contributed by atoms with van der Waals surface area (Å²) in [4.78, 5) is 29.1. The standard InChI is InChI=1S/C11H16N2O5/c1-11(17)2-4-13(5-3-11)9(14)8-6-7(10(15)16)12-18-8/h8,17H,2-6H2,1H3,(H,15,16). The Kier molecular flexibility index (Phi) is 3.25. The average molecular weight is 256 g/mol. The van der Waals surface area contributed by atoms with Gasteiger partial charge in [-0.15, -0.1) is 0 Å². The summed E-state index contributed by atoms with van der Waals surface area (Å²) in [6.07, 6.45) is 0.191. The number of nitrogens with zero attached hydrogens (tertiary/aromatic N) is 2. The molecule has 2 rings (SSSR count). The van der Waals surface area contributed by atoms with E-state index in [1.807, 2.05) is 0 Å². The van der Waals surface area contributed by atoms with Crippen molar-refractivity contribution in [3.63, 3.8) is 0 Å². The normalized spacial score (nSPS) is 26.4. The van der Waals surface area contributed by atoms with E-state index in [-0.39, 0.29) is 18.0 Å². The molecule has 0 aromatic heterocycles. The quantitative estimate of drug-likeness (QED) is 0.699. The molecule has 0 radical (unpaired) electrons. The van der Waals surface area contributed by atoms with Crippen molar-refractivity contribution in [2.45, 2.75) is 37.9 Å². The van der Waals surface area contributed by atoms with Crippen LogP contribution >= 0.6 is 0 Å². The maximum Gasteiger partial charge on any atom is 0.353 e. The number of amides is 1. The number of oxime groups is 1. The van der Waals surface area contributed by atoms with Gasteiger partial charge in [0.15, 0.2) is 5.71 Å². The predicted molar refractivity (Wildman–Crippen MR) is 61.0 cm³/mol. The third-order valence-corrected chi connectivity index (χ3v) is 3.34. The number of carboxylic acid groups (broad SMARTS) is 1. The molecule has 7 heteroatoms. The molecule has 0 aliphatic carbocycles. The number of hydrogen-bond acceptors (Lipinski definition) is 5. The minimum Gasteiger partial charge on any atom is -0.477 e. The van der Waals surface area contributed by atoms with E-state index in [4.69, 9.17) is 9.94 Å². The monoisotopic (exact) mass is 256 g/mol. The fraction of sp³-hybridized carbons (Fsp3) is 0.727. The first-order valence-corrected chi connectivity index (χ1v) is 5.86. The summed E-state index contributed by atoms with van der Waals surface area (Å²) in [5.41, 5.74) is -0.854. The van der Waals surface area contributed by atoms with Crippen LogP contribution in [0.25, 0.3) is 0 Å². The molecule has 18 heavy (non-hydrogen) atoms. The fourth-order valence-corrected chi connectivity index (χ4v) is 2.05. The lowest BCUT2D eigenvalue weighted by atomic mass is 9.93. The van der Waals surface area contributed by atoms with Crippen molar-refractivity contribution in [1.82, 2.24) is 4.90 Å². The van der Waals surface area contributed by atoms with Crippen LogP contribution in [0.3, 0.4) is 0 Å². The molecule has 0 aromatic carbocycles. The highest BCUT2D eigenvalue weighted by molar-refractivity contribution is 6.36. The van der Waals surface area contributed by atoms with Gasteiger partial charge in [-0.3, -0.25) is 4.79 Å². The lowest BCUT2D eigenvalue weighted by molar-refractivity contribution is -0.145. The van der Waals surface area contributed by atoms with Crippen LogP contribution in [-0.4, -0.2) is 57.5 Å². The van der Waals surface area contributed by atoms with Crippen LogP contribution in [0.2, 0.25) is 0 Å². The summed E-state index contributed by atoms with van der Waals surface area (Å²) < 4.78 is 0. The minimum atomic E-state index is -1.16. The molecule has 2 heterocycles. The van der Waals surface area contributed by atoms with Crippen LogP contribution in [-0.2, 0) is 14.4 Å². The van der Waals surface area contributed by atoms with Gasteiger partial charge in [0.05, 0.1) is 5.60 Å². The number of carbonyl (C=O) groups is 2. The van der Waals surface area contributed by atoms with Crippen molar-refractivity contribution >= 4 is 17.6 Å². The Balaban J connectivity index is 1.89. The number of aliphatic carboxylic acids is 1. The number of aliphatic hydroxyl groups is 1. The molecular formula is C11H16N2O5. The van der Waals surface area contributed by atoms with Crippen molar-refractivity contribution < 1.29 is 24.6 Å². The first-order valence-electron chi connectivity index (χ1n) is 5.86. The smallest absolute Gasteiger partial charge is 0.353 e. The fourth-order valence-electron chi connectivity index (χ4n) is 2.05. The van der Waals surface area contributed by atoms with Crippen LogP contribution in [0, 0.1) is 0 Å². The molecule has 1 amide bonds. The summed E-state index contributed by atoms with van der Waals surface area (Å²) >= 11 is 0. The van der Waals surface area contributed by atoms with Crippen LogP contribution in [0.15, 0.2) is 5.16 Å². The Morgan fingerprint density at radius 2 is 2.06 bits per heavy atom. The Morgan fingerprint density at radius 3 is 2.56 bits per heavy atom. The molecule has 2 aliphatic heterocycles. The SMILES string of the molecule is CC1(O)CCN(C(=O)C2CC(C(=O)O)=NO2)CC1. The van der Waals surface area contributed by atoms with Gasteiger partial charge in [-0.05, 0) is 19.8 Å². The number of carboxylic acids is 1. The molecule has 0 saturated carbocycles. The van der Waals surface area contributed by atoms with E-state index in [0.717, 1.165) is 0 Å². The Morgan fingerprint density at radius 1 is 1.44 bits per heavy atom. The summed E-state index contributed by atoms with van der Waals surface area (Å²) in [7, 11) is 0. The van der Waals surface area contributed by atoms with Gasteiger partial charge < -0.3 is 20.0 Å². The third-order valence-electron chi connectivity index (χ3n) is 3.34. The minimum absolute atomic E-state index is 0.00105. The highest BCUT2D eigenvalue weighted by Crippen LogP contribution is 2.23. The maximum absolute atomic E-state index is 12.0. The molecule has 1 unspecified atom stereocenters. The van der Waals surface area contributed by atoms with E-state index < -0.39 is 17.7 Å². The van der Waals surface area contributed by atoms with Crippen LogP contribution in [0.4, 0.5) is 0 Å². The second kappa shape index (κ2) is 4.56. The first kappa shape index (κ1) is 12.8. The van der Waals surface area contributed by atoms with Crippen molar-refractivity contribution in [1.29, 1.82) is 0 Å². The molecule has 1 atom stereocenters. The second-order valence-electron chi connectivity index (χ2n) is 4.96. The summed E-state index contributed by atoms with van der Waals surface area (Å²) in [6, 6.07) is 0. The van der Waals surface area contributed by atoms with Crippen molar-refractivity contribution in [2.24, 2.45) is 5.16 Å². The van der Waals surface area contributed by atoms with E-state index in [0.29, 0.717) is 25.9 Å². The maximum atomic E-state index is 12.0. The molecule has 0 spiro atoms. The zero-order valence-electron chi connectivity index (χ0n) is 10.1. The van der Waals surface area contributed by atoms with E-state index >= 15 is 0 Å². The number of likely N-dealkylation sites (tertiary alicyclic amines) is 1. The zero-order chi connectivity index (χ0) is 13.3. The van der Waals surface area contributed by atoms with Crippen LogP contribution < -0.4 is 0 Å². The van der Waals surface area contributed by atoms with Crippen molar-refractivity contribution in [3.05, 3.63) is 0 Å². The van der Waals surface area contributed by atoms with E-state index in [2.05, 4.69) is 5.16 Å². The molecule has 100 valence electrons. The summed E-state index contributed by atoms with van der Waals surface area (Å²) in [5.74, 6) is -1.42. The number of rotatable bonds is 2. The summed E-state index contributed by atoms with van der Waals surface area (Å²) in [6.45, 7) is 2.65. The highest BCUT2D eigenvalue weighted by Gasteiger charge is 2.37. The average Bonchev–Trinajstić information content (AvgIpc) is 2.77. The molecular weight excluding hydrogens is 240 g/mol. The Labute approximate surface area is 104 Å². The van der Waals surface area contributed by atoms with E-state index in [1.165, 1.54) is 0 Å². The third kappa shape index (κ3) is 2.61. The van der Waals surface area contributed by atoms with Crippen molar-refractivity contribution in [2.75, 3.05) is 13.1 Å². The van der Waals surface area contributed by atoms with Crippen LogP contribution in [0.5, 0.6) is 0 Å². The van der Waals surface area contributed by atoms with Gasteiger partial charge in [0, 0.05) is 19.5 Å². The van der Waals surface area contributed by atoms with Gasteiger partial charge in [-0.1, -0.05) is 5.16 Å².